The van der Waals surface area contributed by atoms with Gasteiger partial charge in [0.15, 0.2) is 0 Å². The highest BCUT2D eigenvalue weighted by Crippen LogP contribution is 2.28. The number of nitriles is 1. The second-order valence-corrected chi connectivity index (χ2v) is 7.91. The van der Waals surface area contributed by atoms with Crippen molar-refractivity contribution in [1.82, 2.24) is 4.98 Å². The van der Waals surface area contributed by atoms with Crippen molar-refractivity contribution in [2.45, 2.75) is 19.6 Å². The maximum absolute atomic E-state index is 12.3. The zero-order chi connectivity index (χ0) is 18.5. The number of fused-ring (bicyclic) bond motifs is 1. The Kier molecular flexibility index (Phi) is 5.65. The maximum Gasteiger partial charge on any atom is 0.103 e. The van der Waals surface area contributed by atoms with E-state index in [2.05, 4.69) is 22.4 Å². The summed E-state index contributed by atoms with van der Waals surface area (Å²) in [7, 11) is -0.957. The second kappa shape index (κ2) is 8.11. The fourth-order valence-corrected chi connectivity index (χ4v) is 4.10. The molecule has 132 valence electrons. The molecule has 1 atom stereocenters. The molecule has 3 aromatic rings. The van der Waals surface area contributed by atoms with E-state index in [1.165, 1.54) is 0 Å². The highest BCUT2D eigenvalue weighted by Gasteiger charge is 2.11. The standard InChI is InChI=1S/C21H21N3OS/c1-15-10-16(2)20-19(11-15)21(18(12-22)13-24-20)23-8-9-26(25)14-17-6-4-3-5-7-17/h3-7,10-11,13H,8-9,14H2,1-2H3,(H,23,24). The molecule has 1 heterocycles. The van der Waals surface area contributed by atoms with Gasteiger partial charge in [-0.2, -0.15) is 5.26 Å². The Labute approximate surface area is 156 Å². The molecule has 2 aromatic carbocycles. The van der Waals surface area contributed by atoms with Gasteiger partial charge in [0, 0.05) is 40.4 Å². The van der Waals surface area contributed by atoms with Crippen molar-refractivity contribution in [2.75, 3.05) is 17.6 Å². The minimum absolute atomic E-state index is 0.511. The number of nitrogens with one attached hydrogen (secondary N) is 1. The van der Waals surface area contributed by atoms with Gasteiger partial charge in [-0.1, -0.05) is 42.0 Å². The molecule has 26 heavy (non-hydrogen) atoms. The summed E-state index contributed by atoms with van der Waals surface area (Å²) in [5.41, 5.74) is 5.46. The summed E-state index contributed by atoms with van der Waals surface area (Å²) in [6.07, 6.45) is 1.61. The molecular weight excluding hydrogens is 342 g/mol. The summed E-state index contributed by atoms with van der Waals surface area (Å²) in [6, 6.07) is 16.2. The van der Waals surface area contributed by atoms with Crippen LogP contribution in [0.15, 0.2) is 48.7 Å². The van der Waals surface area contributed by atoms with Crippen LogP contribution in [0.3, 0.4) is 0 Å². The molecule has 0 saturated heterocycles. The van der Waals surface area contributed by atoms with Crippen LogP contribution in [-0.2, 0) is 16.6 Å². The van der Waals surface area contributed by atoms with Crippen molar-refractivity contribution < 1.29 is 4.21 Å². The second-order valence-electron chi connectivity index (χ2n) is 6.34. The molecule has 1 aromatic heterocycles. The van der Waals surface area contributed by atoms with E-state index < -0.39 is 10.8 Å². The van der Waals surface area contributed by atoms with Crippen LogP contribution in [0, 0.1) is 25.2 Å². The molecule has 0 bridgehead atoms. The van der Waals surface area contributed by atoms with Crippen molar-refractivity contribution in [2.24, 2.45) is 0 Å². The topological polar surface area (TPSA) is 65.8 Å². The van der Waals surface area contributed by atoms with E-state index in [9.17, 15) is 9.47 Å². The smallest absolute Gasteiger partial charge is 0.103 e. The fraction of sp³-hybridized carbons (Fsp3) is 0.238. The summed E-state index contributed by atoms with van der Waals surface area (Å²) >= 11 is 0. The van der Waals surface area contributed by atoms with Crippen LogP contribution in [0.1, 0.15) is 22.3 Å². The van der Waals surface area contributed by atoms with E-state index in [1.807, 2.05) is 50.2 Å². The predicted octanol–water partition coefficient (Wildman–Crippen LogP) is 4.08. The average molecular weight is 363 g/mol. The van der Waals surface area contributed by atoms with Crippen molar-refractivity contribution >= 4 is 27.4 Å². The Balaban J connectivity index is 1.76. The van der Waals surface area contributed by atoms with Crippen LogP contribution in [-0.4, -0.2) is 21.5 Å². The molecule has 0 aliphatic heterocycles. The SMILES string of the molecule is Cc1cc(C)c2ncc(C#N)c(NCCS(=O)Cc3ccccc3)c2c1. The van der Waals surface area contributed by atoms with Gasteiger partial charge < -0.3 is 5.32 Å². The molecule has 0 spiro atoms. The Hall–Kier alpha value is -2.71. The van der Waals surface area contributed by atoms with Crippen molar-refractivity contribution in [3.8, 4) is 6.07 Å². The van der Waals surface area contributed by atoms with Crippen molar-refractivity contribution in [3.63, 3.8) is 0 Å². The molecule has 0 aliphatic carbocycles. The summed E-state index contributed by atoms with van der Waals surface area (Å²) < 4.78 is 12.3. The number of rotatable bonds is 6. The van der Waals surface area contributed by atoms with Crippen LogP contribution in [0.4, 0.5) is 5.69 Å². The zero-order valence-corrected chi connectivity index (χ0v) is 15.8. The van der Waals surface area contributed by atoms with Gasteiger partial charge in [0.25, 0.3) is 0 Å². The van der Waals surface area contributed by atoms with Crippen LogP contribution < -0.4 is 5.32 Å². The Bertz CT molecular complexity index is 994. The number of aryl methyl sites for hydroxylation is 2. The lowest BCUT2D eigenvalue weighted by molar-refractivity contribution is 0.682. The molecule has 1 unspecified atom stereocenters. The molecule has 0 aliphatic rings. The van der Waals surface area contributed by atoms with Gasteiger partial charge in [0.05, 0.1) is 16.8 Å². The van der Waals surface area contributed by atoms with Gasteiger partial charge in [-0.3, -0.25) is 9.19 Å². The Morgan fingerprint density at radius 1 is 1.19 bits per heavy atom. The molecule has 3 rings (SSSR count). The minimum atomic E-state index is -0.957. The average Bonchev–Trinajstić information content (AvgIpc) is 2.62. The van der Waals surface area contributed by atoms with E-state index in [4.69, 9.17) is 0 Å². The normalized spacial score (nSPS) is 11.9. The molecule has 1 N–H and O–H groups in total. The van der Waals surface area contributed by atoms with Crippen LogP contribution in [0.25, 0.3) is 10.9 Å². The molecule has 0 fully saturated rings. The third kappa shape index (κ3) is 4.09. The third-order valence-corrected chi connectivity index (χ3v) is 5.54. The lowest BCUT2D eigenvalue weighted by atomic mass is 10.0. The van der Waals surface area contributed by atoms with Crippen LogP contribution >= 0.6 is 0 Å². The molecule has 0 saturated carbocycles. The van der Waals surface area contributed by atoms with Gasteiger partial charge in [-0.15, -0.1) is 0 Å². The van der Waals surface area contributed by atoms with Gasteiger partial charge in [0.1, 0.15) is 6.07 Å². The van der Waals surface area contributed by atoms with Crippen LogP contribution in [0.2, 0.25) is 0 Å². The molecular formula is C21H21N3OS. The zero-order valence-electron chi connectivity index (χ0n) is 15.0. The van der Waals surface area contributed by atoms with Gasteiger partial charge in [0.2, 0.25) is 0 Å². The largest absolute Gasteiger partial charge is 0.382 e. The van der Waals surface area contributed by atoms with Crippen LogP contribution in [0.5, 0.6) is 0 Å². The van der Waals surface area contributed by atoms with E-state index in [0.717, 1.165) is 33.3 Å². The van der Waals surface area contributed by atoms with Crippen molar-refractivity contribution in [1.29, 1.82) is 5.26 Å². The predicted molar refractivity (Wildman–Crippen MR) is 108 cm³/mol. The Morgan fingerprint density at radius 2 is 1.96 bits per heavy atom. The first kappa shape index (κ1) is 18.1. The number of benzene rings is 2. The first-order valence-electron chi connectivity index (χ1n) is 8.51. The van der Waals surface area contributed by atoms with E-state index in [0.29, 0.717) is 23.6 Å². The number of hydrogen-bond acceptors (Lipinski definition) is 4. The number of hydrogen-bond donors (Lipinski definition) is 1. The number of nitrogens with zero attached hydrogens (tertiary/aromatic N) is 2. The first-order chi connectivity index (χ1) is 12.6. The van der Waals surface area contributed by atoms with E-state index >= 15 is 0 Å². The highest BCUT2D eigenvalue weighted by molar-refractivity contribution is 7.84. The summed E-state index contributed by atoms with van der Waals surface area (Å²) in [5, 5.41) is 13.7. The first-order valence-corrected chi connectivity index (χ1v) is 10.00. The van der Waals surface area contributed by atoms with E-state index in [1.54, 1.807) is 6.20 Å². The summed E-state index contributed by atoms with van der Waals surface area (Å²) in [5.74, 6) is 1.07. The van der Waals surface area contributed by atoms with Crippen molar-refractivity contribution in [3.05, 3.63) is 70.9 Å². The summed E-state index contributed by atoms with van der Waals surface area (Å²) in [6.45, 7) is 4.59. The monoisotopic (exact) mass is 363 g/mol. The van der Waals surface area contributed by atoms with Gasteiger partial charge in [-0.05, 0) is 31.0 Å². The highest BCUT2D eigenvalue weighted by atomic mass is 32.2. The molecule has 0 radical (unpaired) electrons. The summed E-state index contributed by atoms with van der Waals surface area (Å²) in [4.78, 5) is 4.43. The third-order valence-electron chi connectivity index (χ3n) is 4.23. The number of anilines is 1. The quantitative estimate of drug-likeness (QED) is 0.716. The van der Waals surface area contributed by atoms with Gasteiger partial charge >= 0.3 is 0 Å². The molecule has 5 heteroatoms. The molecule has 4 nitrogen and oxygen atoms in total. The van der Waals surface area contributed by atoms with Gasteiger partial charge in [-0.25, -0.2) is 0 Å². The minimum Gasteiger partial charge on any atom is -0.382 e. The lowest BCUT2D eigenvalue weighted by Gasteiger charge is -2.13. The Morgan fingerprint density at radius 3 is 2.69 bits per heavy atom. The fourth-order valence-electron chi connectivity index (χ4n) is 3.06. The molecule has 0 amide bonds. The maximum atomic E-state index is 12.3. The lowest BCUT2D eigenvalue weighted by Crippen LogP contribution is -2.13. The number of pyridine rings is 1. The van der Waals surface area contributed by atoms with E-state index in [-0.39, 0.29) is 0 Å². The number of aromatic nitrogens is 1.